The van der Waals surface area contributed by atoms with E-state index in [-0.39, 0.29) is 12.3 Å². The molecule has 6 nitrogen and oxygen atoms in total. The number of imide groups is 1. The molecule has 0 atom stereocenters. The Hall–Kier alpha value is -2.24. The summed E-state index contributed by atoms with van der Waals surface area (Å²) in [6.45, 7) is 5.87. The van der Waals surface area contributed by atoms with Crippen molar-refractivity contribution in [3.8, 4) is 0 Å². The van der Waals surface area contributed by atoms with E-state index in [0.29, 0.717) is 18.0 Å². The van der Waals surface area contributed by atoms with Crippen LogP contribution in [0.1, 0.15) is 31.1 Å². The van der Waals surface area contributed by atoms with Gasteiger partial charge in [-0.15, -0.1) is 0 Å². The Labute approximate surface area is 118 Å². The lowest BCUT2D eigenvalue weighted by Crippen LogP contribution is -2.48. The van der Waals surface area contributed by atoms with Gasteiger partial charge in [-0.05, 0) is 18.9 Å². The van der Waals surface area contributed by atoms with Gasteiger partial charge >= 0.3 is 6.03 Å². The highest BCUT2D eigenvalue weighted by atomic mass is 16.2. The van der Waals surface area contributed by atoms with Gasteiger partial charge in [0.15, 0.2) is 18.2 Å². The van der Waals surface area contributed by atoms with Crippen LogP contribution in [-0.2, 0) is 11.3 Å². The number of amides is 3. The van der Waals surface area contributed by atoms with Crippen LogP contribution in [0.25, 0.3) is 0 Å². The smallest absolute Gasteiger partial charge is 0.321 e. The van der Waals surface area contributed by atoms with Crippen molar-refractivity contribution in [2.24, 2.45) is 5.92 Å². The molecule has 0 unspecified atom stereocenters. The number of urea groups is 1. The van der Waals surface area contributed by atoms with Gasteiger partial charge in [-0.25, -0.2) is 4.79 Å². The molecule has 0 radical (unpaired) electrons. The molecular weight excluding hydrogens is 258 g/mol. The van der Waals surface area contributed by atoms with Crippen molar-refractivity contribution in [3.05, 3.63) is 30.1 Å². The Kier molecular flexibility index (Phi) is 5.83. The van der Waals surface area contributed by atoms with Crippen molar-refractivity contribution in [2.75, 3.05) is 6.54 Å². The van der Waals surface area contributed by atoms with Crippen molar-refractivity contribution in [1.29, 1.82) is 0 Å². The monoisotopic (exact) mass is 278 g/mol. The molecule has 2 N–H and O–H groups in total. The average molecular weight is 278 g/mol. The summed E-state index contributed by atoms with van der Waals surface area (Å²) in [5, 5.41) is 4.83. The van der Waals surface area contributed by atoms with Crippen LogP contribution in [0.3, 0.4) is 0 Å². The minimum atomic E-state index is -0.507. The first kappa shape index (κ1) is 15.8. The van der Waals surface area contributed by atoms with E-state index < -0.39 is 11.9 Å². The highest BCUT2D eigenvalue weighted by Crippen LogP contribution is 1.94. The Balaban J connectivity index is 2.52. The molecule has 6 heteroatoms. The molecule has 0 bridgehead atoms. The lowest BCUT2D eigenvalue weighted by atomic mass is 10.2. The van der Waals surface area contributed by atoms with E-state index >= 15 is 0 Å². The number of Topliss-reactive ketones (excluding diaryl/α,β-unsaturated/α-hetero) is 1. The number of aromatic nitrogens is 1. The molecule has 0 fully saturated rings. The normalized spacial score (nSPS) is 10.2. The third-order valence-corrected chi connectivity index (χ3v) is 2.51. The molecular formula is C14H20N3O3+. The van der Waals surface area contributed by atoms with E-state index in [1.54, 1.807) is 29.1 Å². The Bertz CT molecular complexity index is 512. The van der Waals surface area contributed by atoms with Crippen LogP contribution in [0.15, 0.2) is 24.5 Å². The Morgan fingerprint density at radius 2 is 2.00 bits per heavy atom. The van der Waals surface area contributed by atoms with E-state index in [9.17, 15) is 14.4 Å². The van der Waals surface area contributed by atoms with E-state index in [0.717, 1.165) is 0 Å². The molecule has 0 aliphatic carbocycles. The van der Waals surface area contributed by atoms with Crippen molar-refractivity contribution >= 4 is 17.7 Å². The van der Waals surface area contributed by atoms with Crippen LogP contribution >= 0.6 is 0 Å². The number of pyridine rings is 1. The maximum atomic E-state index is 11.7. The topological polar surface area (TPSA) is 79.2 Å². The summed E-state index contributed by atoms with van der Waals surface area (Å²) in [4.78, 5) is 34.3. The first-order valence-electron chi connectivity index (χ1n) is 6.46. The van der Waals surface area contributed by atoms with Gasteiger partial charge in [0.05, 0.1) is 5.56 Å². The van der Waals surface area contributed by atoms with Crippen molar-refractivity contribution in [2.45, 2.75) is 27.3 Å². The van der Waals surface area contributed by atoms with Gasteiger partial charge in [0.2, 0.25) is 6.54 Å². The number of carbonyl (C=O) groups is 3. The molecule has 1 aromatic rings. The van der Waals surface area contributed by atoms with Crippen LogP contribution < -0.4 is 15.2 Å². The molecule has 108 valence electrons. The summed E-state index contributed by atoms with van der Waals surface area (Å²) in [6, 6.07) is 2.85. The van der Waals surface area contributed by atoms with Crippen LogP contribution in [0, 0.1) is 5.92 Å². The molecule has 20 heavy (non-hydrogen) atoms. The predicted octanol–water partition coefficient (Wildman–Crippen LogP) is 0.658. The lowest BCUT2D eigenvalue weighted by Gasteiger charge is -2.07. The zero-order valence-electron chi connectivity index (χ0n) is 12.0. The number of hydrogen-bond acceptors (Lipinski definition) is 3. The number of rotatable bonds is 5. The molecule has 0 aromatic carbocycles. The number of nitrogens with zero attached hydrogens (tertiary/aromatic N) is 1. The molecule has 3 amide bonds. The van der Waals surface area contributed by atoms with Gasteiger partial charge in [-0.2, -0.15) is 4.57 Å². The minimum Gasteiger partial charge on any atom is -0.338 e. The summed E-state index contributed by atoms with van der Waals surface area (Å²) < 4.78 is 1.56. The molecule has 0 aliphatic heterocycles. The summed E-state index contributed by atoms with van der Waals surface area (Å²) in [5.74, 6) is -0.191. The maximum Gasteiger partial charge on any atom is 0.321 e. The van der Waals surface area contributed by atoms with Crippen LogP contribution in [0.2, 0.25) is 0 Å². The summed E-state index contributed by atoms with van der Waals surface area (Å²) >= 11 is 0. The van der Waals surface area contributed by atoms with Gasteiger partial charge in [0.25, 0.3) is 5.91 Å². The largest absolute Gasteiger partial charge is 0.338 e. The minimum absolute atomic E-state index is 0.0176. The predicted molar refractivity (Wildman–Crippen MR) is 73.0 cm³/mol. The number of nitrogens with one attached hydrogen (secondary N) is 2. The lowest BCUT2D eigenvalue weighted by molar-refractivity contribution is -0.684. The van der Waals surface area contributed by atoms with Gasteiger partial charge in [-0.1, -0.05) is 13.8 Å². The first-order valence-corrected chi connectivity index (χ1v) is 6.46. The first-order chi connectivity index (χ1) is 9.38. The second-order valence-corrected chi connectivity index (χ2v) is 4.97. The second kappa shape index (κ2) is 7.37. The van der Waals surface area contributed by atoms with Gasteiger partial charge in [0, 0.05) is 12.6 Å². The van der Waals surface area contributed by atoms with E-state index in [1.165, 1.54) is 6.92 Å². The van der Waals surface area contributed by atoms with Crippen LogP contribution in [0.5, 0.6) is 0 Å². The third-order valence-electron chi connectivity index (χ3n) is 2.51. The SMILES string of the molecule is CC(=O)c1ccc[n+](CC(=O)NC(=O)NCC(C)C)c1. The molecule has 0 saturated carbocycles. The summed E-state index contributed by atoms with van der Waals surface area (Å²) in [7, 11) is 0. The quantitative estimate of drug-likeness (QED) is 0.613. The fourth-order valence-corrected chi connectivity index (χ4v) is 1.50. The second-order valence-electron chi connectivity index (χ2n) is 4.97. The molecule has 1 aromatic heterocycles. The summed E-state index contributed by atoms with van der Waals surface area (Å²) in [5.41, 5.74) is 0.518. The average Bonchev–Trinajstić information content (AvgIpc) is 2.36. The van der Waals surface area contributed by atoms with Crippen LogP contribution in [-0.4, -0.2) is 24.3 Å². The van der Waals surface area contributed by atoms with E-state index in [1.807, 2.05) is 13.8 Å². The van der Waals surface area contributed by atoms with Crippen molar-refractivity contribution < 1.29 is 19.0 Å². The van der Waals surface area contributed by atoms with Crippen molar-refractivity contribution in [1.82, 2.24) is 10.6 Å². The third kappa shape index (κ3) is 5.60. The molecule has 0 saturated heterocycles. The van der Waals surface area contributed by atoms with E-state index in [4.69, 9.17) is 0 Å². The summed E-state index contributed by atoms with van der Waals surface area (Å²) in [6.07, 6.45) is 3.24. The van der Waals surface area contributed by atoms with Gasteiger partial charge in [0.1, 0.15) is 0 Å². The van der Waals surface area contributed by atoms with E-state index in [2.05, 4.69) is 10.6 Å². The highest BCUT2D eigenvalue weighted by molar-refractivity contribution is 5.94. The van der Waals surface area contributed by atoms with Crippen molar-refractivity contribution in [3.63, 3.8) is 0 Å². The molecule has 1 rings (SSSR count). The molecule has 1 heterocycles. The van der Waals surface area contributed by atoms with Crippen LogP contribution in [0.4, 0.5) is 4.79 Å². The fourth-order valence-electron chi connectivity index (χ4n) is 1.50. The zero-order chi connectivity index (χ0) is 15.1. The fraction of sp³-hybridized carbons (Fsp3) is 0.429. The number of carbonyl (C=O) groups excluding carboxylic acids is 3. The maximum absolute atomic E-state index is 11.7. The highest BCUT2D eigenvalue weighted by Gasteiger charge is 2.14. The zero-order valence-corrected chi connectivity index (χ0v) is 12.0. The molecule has 0 aliphatic rings. The Morgan fingerprint density at radius 1 is 1.30 bits per heavy atom. The Morgan fingerprint density at radius 3 is 2.60 bits per heavy atom. The molecule has 0 spiro atoms. The van der Waals surface area contributed by atoms with Gasteiger partial charge < -0.3 is 5.32 Å². The van der Waals surface area contributed by atoms with Gasteiger partial charge in [-0.3, -0.25) is 14.9 Å². The number of ketones is 1. The number of hydrogen-bond donors (Lipinski definition) is 2. The standard InChI is InChI=1S/C14H19N3O3/c1-10(2)7-15-14(20)16-13(19)9-17-6-4-5-12(8-17)11(3)18/h4-6,8,10H,7,9H2,1-3H3,(H-,15,16,19,20)/p+1.